The Labute approximate surface area is 303 Å². The number of hydrogen-bond donors (Lipinski definition) is 4. The summed E-state index contributed by atoms with van der Waals surface area (Å²) in [4.78, 5) is 0. The SMILES string of the molecule is Cc1cccc(C)c1-c1cccc(-c2cc3ccccc3c(-c3c(O)c(-c4cccc(-c5c(C)cccc5C)c4O)cc4ccccc34)c2O)c1O. The topological polar surface area (TPSA) is 80.9 Å². The molecule has 0 aliphatic rings. The minimum absolute atomic E-state index is 0.0625. The Hall–Kier alpha value is -6.52. The summed E-state index contributed by atoms with van der Waals surface area (Å²) in [5, 5.41) is 51.9. The van der Waals surface area contributed by atoms with Crippen molar-refractivity contribution in [2.24, 2.45) is 0 Å². The maximum absolute atomic E-state index is 12.5. The average Bonchev–Trinajstić information content (AvgIpc) is 3.13. The van der Waals surface area contributed by atoms with E-state index < -0.39 is 0 Å². The van der Waals surface area contributed by atoms with E-state index >= 15 is 0 Å². The number of para-hydroxylation sites is 2. The highest BCUT2D eigenvalue weighted by Crippen LogP contribution is 2.54. The molecule has 4 heteroatoms. The number of aryl methyl sites for hydroxylation is 4. The summed E-state index contributed by atoms with van der Waals surface area (Å²) in [7, 11) is 0. The van der Waals surface area contributed by atoms with Gasteiger partial charge < -0.3 is 20.4 Å². The second kappa shape index (κ2) is 12.7. The highest BCUT2D eigenvalue weighted by atomic mass is 16.3. The molecule has 0 aliphatic heterocycles. The average molecular weight is 679 g/mol. The lowest BCUT2D eigenvalue weighted by atomic mass is 9.85. The predicted molar refractivity (Wildman–Crippen MR) is 214 cm³/mol. The second-order valence-corrected chi connectivity index (χ2v) is 13.7. The first-order valence-corrected chi connectivity index (χ1v) is 17.4. The smallest absolute Gasteiger partial charge is 0.132 e. The summed E-state index contributed by atoms with van der Waals surface area (Å²) in [6.07, 6.45) is 0. The lowest BCUT2D eigenvalue weighted by Crippen LogP contribution is -1.94. The summed E-state index contributed by atoms with van der Waals surface area (Å²) in [5.74, 6) is -0.0162. The first-order chi connectivity index (χ1) is 25.2. The van der Waals surface area contributed by atoms with E-state index in [0.29, 0.717) is 44.5 Å². The van der Waals surface area contributed by atoms with E-state index in [1.807, 2.05) is 161 Å². The molecule has 52 heavy (non-hydrogen) atoms. The van der Waals surface area contributed by atoms with Gasteiger partial charge in [-0.3, -0.25) is 0 Å². The molecule has 0 unspecified atom stereocenters. The number of rotatable bonds is 5. The molecule has 254 valence electrons. The number of aromatic hydroxyl groups is 4. The number of phenolic OH excluding ortho intramolecular Hbond substituents is 4. The van der Waals surface area contributed by atoms with Crippen LogP contribution >= 0.6 is 0 Å². The zero-order valence-corrected chi connectivity index (χ0v) is 29.5. The molecular formula is C48H38O4. The largest absolute Gasteiger partial charge is 0.507 e. The maximum atomic E-state index is 12.5. The number of hydrogen-bond acceptors (Lipinski definition) is 4. The molecule has 0 saturated carbocycles. The van der Waals surface area contributed by atoms with Gasteiger partial charge in [0, 0.05) is 44.5 Å². The fourth-order valence-corrected chi connectivity index (χ4v) is 7.99. The maximum Gasteiger partial charge on any atom is 0.132 e. The highest BCUT2D eigenvalue weighted by Gasteiger charge is 2.26. The van der Waals surface area contributed by atoms with Crippen molar-refractivity contribution in [3.63, 3.8) is 0 Å². The van der Waals surface area contributed by atoms with Crippen molar-refractivity contribution in [3.05, 3.63) is 156 Å². The molecule has 0 amide bonds. The van der Waals surface area contributed by atoms with E-state index in [1.54, 1.807) is 0 Å². The molecule has 0 fully saturated rings. The predicted octanol–water partition coefficient (Wildman–Crippen LogP) is 12.4. The van der Waals surface area contributed by atoms with Crippen molar-refractivity contribution in [1.29, 1.82) is 0 Å². The van der Waals surface area contributed by atoms with Crippen LogP contribution in [0.25, 0.3) is 77.2 Å². The molecule has 0 heterocycles. The van der Waals surface area contributed by atoms with Crippen molar-refractivity contribution < 1.29 is 20.4 Å². The van der Waals surface area contributed by atoms with E-state index in [1.165, 1.54) is 0 Å². The molecule has 8 rings (SSSR count). The zero-order valence-electron chi connectivity index (χ0n) is 29.5. The zero-order chi connectivity index (χ0) is 36.3. The van der Waals surface area contributed by atoms with Crippen LogP contribution in [0.1, 0.15) is 22.3 Å². The first kappa shape index (κ1) is 32.7. The van der Waals surface area contributed by atoms with Gasteiger partial charge in [-0.05, 0) is 94.8 Å². The molecule has 0 bridgehead atoms. The molecule has 8 aromatic rings. The number of benzene rings is 8. The lowest BCUT2D eigenvalue weighted by molar-refractivity contribution is 0.467. The summed E-state index contributed by atoms with van der Waals surface area (Å²) >= 11 is 0. The molecule has 0 aliphatic carbocycles. The summed E-state index contributed by atoms with van der Waals surface area (Å²) < 4.78 is 0. The van der Waals surface area contributed by atoms with Crippen LogP contribution in [-0.2, 0) is 0 Å². The Morgan fingerprint density at radius 2 is 0.615 bits per heavy atom. The van der Waals surface area contributed by atoms with Gasteiger partial charge >= 0.3 is 0 Å². The third-order valence-corrected chi connectivity index (χ3v) is 10.4. The van der Waals surface area contributed by atoms with Crippen LogP contribution in [0, 0.1) is 27.7 Å². The third kappa shape index (κ3) is 5.15. The van der Waals surface area contributed by atoms with Gasteiger partial charge in [-0.2, -0.15) is 0 Å². The molecule has 0 atom stereocenters. The fraction of sp³-hybridized carbons (Fsp3) is 0.0833. The van der Waals surface area contributed by atoms with Gasteiger partial charge in [0.15, 0.2) is 0 Å². The van der Waals surface area contributed by atoms with Crippen molar-refractivity contribution >= 4 is 21.5 Å². The van der Waals surface area contributed by atoms with E-state index in [2.05, 4.69) is 0 Å². The van der Waals surface area contributed by atoms with Crippen LogP contribution in [-0.4, -0.2) is 20.4 Å². The standard InChI is InChI=1S/C48H38O4/c1-27-13-9-14-28(2)41(27)37-23-11-21-35(45(37)49)39-25-31-17-5-7-19-33(31)43(47(39)51)44-34-20-8-6-18-32(34)26-40(48(44)52)36-22-12-24-38(46(36)50)42-29(3)15-10-16-30(42)4/h5-26,49-52H,1-4H3. The van der Waals surface area contributed by atoms with E-state index in [0.717, 1.165) is 54.9 Å². The van der Waals surface area contributed by atoms with Gasteiger partial charge in [0.2, 0.25) is 0 Å². The first-order valence-electron chi connectivity index (χ1n) is 17.4. The summed E-state index contributed by atoms with van der Waals surface area (Å²) in [5.41, 5.74) is 10.1. The second-order valence-electron chi connectivity index (χ2n) is 13.7. The van der Waals surface area contributed by atoms with E-state index in [-0.39, 0.29) is 23.0 Å². The van der Waals surface area contributed by atoms with Crippen molar-refractivity contribution in [1.82, 2.24) is 0 Å². The third-order valence-electron chi connectivity index (χ3n) is 10.4. The minimum atomic E-state index is -0.0706. The van der Waals surface area contributed by atoms with Crippen molar-refractivity contribution in [3.8, 4) is 78.6 Å². The minimum Gasteiger partial charge on any atom is -0.507 e. The van der Waals surface area contributed by atoms with Gasteiger partial charge in [0.1, 0.15) is 23.0 Å². The van der Waals surface area contributed by atoms with Gasteiger partial charge in [-0.1, -0.05) is 121 Å². The van der Waals surface area contributed by atoms with Gasteiger partial charge in [0.05, 0.1) is 0 Å². The van der Waals surface area contributed by atoms with Crippen molar-refractivity contribution in [2.45, 2.75) is 27.7 Å². The molecule has 4 nitrogen and oxygen atoms in total. The van der Waals surface area contributed by atoms with Crippen molar-refractivity contribution in [2.75, 3.05) is 0 Å². The Morgan fingerprint density at radius 3 is 1.00 bits per heavy atom. The van der Waals surface area contributed by atoms with Crippen LogP contribution in [0.3, 0.4) is 0 Å². The van der Waals surface area contributed by atoms with Crippen LogP contribution < -0.4 is 0 Å². The number of phenols is 4. The lowest BCUT2D eigenvalue weighted by Gasteiger charge is -2.21. The van der Waals surface area contributed by atoms with E-state index in [4.69, 9.17) is 0 Å². The summed E-state index contributed by atoms with van der Waals surface area (Å²) in [6.45, 7) is 8.10. The van der Waals surface area contributed by atoms with Gasteiger partial charge in [0.25, 0.3) is 0 Å². The molecular weight excluding hydrogens is 641 g/mol. The Bertz CT molecular complexity index is 2490. The van der Waals surface area contributed by atoms with Crippen LogP contribution in [0.2, 0.25) is 0 Å². The normalized spacial score (nSPS) is 11.4. The Balaban J connectivity index is 1.43. The van der Waals surface area contributed by atoms with Gasteiger partial charge in [-0.15, -0.1) is 0 Å². The molecule has 8 aromatic carbocycles. The monoisotopic (exact) mass is 678 g/mol. The van der Waals surface area contributed by atoms with Crippen LogP contribution in [0.15, 0.2) is 133 Å². The Morgan fingerprint density at radius 1 is 0.288 bits per heavy atom. The molecule has 0 aromatic heterocycles. The van der Waals surface area contributed by atoms with Crippen LogP contribution in [0.4, 0.5) is 0 Å². The molecule has 0 spiro atoms. The fourth-order valence-electron chi connectivity index (χ4n) is 7.99. The molecule has 0 radical (unpaired) electrons. The Kier molecular flexibility index (Phi) is 7.96. The molecule has 4 N–H and O–H groups in total. The van der Waals surface area contributed by atoms with Gasteiger partial charge in [-0.25, -0.2) is 0 Å². The quantitative estimate of drug-likeness (QED) is 0.146. The molecule has 0 saturated heterocycles. The summed E-state index contributed by atoms with van der Waals surface area (Å²) in [6, 6.07) is 42.6. The highest BCUT2D eigenvalue weighted by molar-refractivity contribution is 6.14. The number of fused-ring (bicyclic) bond motifs is 2. The van der Waals surface area contributed by atoms with Crippen LogP contribution in [0.5, 0.6) is 23.0 Å². The van der Waals surface area contributed by atoms with E-state index in [9.17, 15) is 20.4 Å².